The summed E-state index contributed by atoms with van der Waals surface area (Å²) in [6.07, 6.45) is 5.17. The van der Waals surface area contributed by atoms with Crippen LogP contribution >= 0.6 is 0 Å². The molecule has 0 radical (unpaired) electrons. The zero-order chi connectivity index (χ0) is 10.3. The van der Waals surface area contributed by atoms with Crippen LogP contribution < -0.4 is 5.32 Å². The van der Waals surface area contributed by atoms with E-state index in [0.29, 0.717) is 12.1 Å². The van der Waals surface area contributed by atoms with E-state index in [4.69, 9.17) is 0 Å². The Balaban J connectivity index is 3.75. The molecule has 0 rings (SSSR count). The molecule has 2 atom stereocenters. The van der Waals surface area contributed by atoms with Gasteiger partial charge >= 0.3 is 0 Å². The highest BCUT2D eigenvalue weighted by atomic mass is 14.9. The molecule has 13 heavy (non-hydrogen) atoms. The summed E-state index contributed by atoms with van der Waals surface area (Å²) in [6, 6.07) is 1.36. The molecule has 0 fully saturated rings. The fourth-order valence-corrected chi connectivity index (χ4v) is 2.10. The SMILES string of the molecule is CCCC(C)NC(C)C(CC)CC. The van der Waals surface area contributed by atoms with Crippen molar-refractivity contribution in [1.82, 2.24) is 5.32 Å². The minimum absolute atomic E-state index is 0.677. The lowest BCUT2D eigenvalue weighted by molar-refractivity contribution is 0.320. The van der Waals surface area contributed by atoms with Gasteiger partial charge < -0.3 is 5.32 Å². The van der Waals surface area contributed by atoms with E-state index in [0.717, 1.165) is 5.92 Å². The molecule has 0 spiro atoms. The Bertz CT molecular complexity index is 108. The summed E-state index contributed by atoms with van der Waals surface area (Å²) in [6.45, 7) is 11.4. The Morgan fingerprint density at radius 1 is 1.00 bits per heavy atom. The highest BCUT2D eigenvalue weighted by Gasteiger charge is 2.14. The van der Waals surface area contributed by atoms with Crippen LogP contribution in [-0.2, 0) is 0 Å². The van der Waals surface area contributed by atoms with E-state index in [-0.39, 0.29) is 0 Å². The zero-order valence-electron chi connectivity index (χ0n) is 10.1. The van der Waals surface area contributed by atoms with E-state index in [1.807, 2.05) is 0 Å². The first-order valence-electron chi connectivity index (χ1n) is 5.91. The lowest BCUT2D eigenvalue weighted by atomic mass is 9.94. The summed E-state index contributed by atoms with van der Waals surface area (Å²) < 4.78 is 0. The van der Waals surface area contributed by atoms with Crippen LogP contribution in [0.25, 0.3) is 0 Å². The maximum Gasteiger partial charge on any atom is 0.00692 e. The van der Waals surface area contributed by atoms with Gasteiger partial charge in [0.25, 0.3) is 0 Å². The molecule has 80 valence electrons. The minimum atomic E-state index is 0.677. The summed E-state index contributed by atoms with van der Waals surface area (Å²) in [4.78, 5) is 0. The number of rotatable bonds is 7. The maximum atomic E-state index is 3.68. The molecule has 2 unspecified atom stereocenters. The highest BCUT2D eigenvalue weighted by molar-refractivity contribution is 4.73. The third-order valence-corrected chi connectivity index (χ3v) is 3.02. The van der Waals surface area contributed by atoms with Gasteiger partial charge in [0.05, 0.1) is 0 Å². The summed E-state index contributed by atoms with van der Waals surface area (Å²) in [7, 11) is 0. The van der Waals surface area contributed by atoms with Gasteiger partial charge in [-0.2, -0.15) is 0 Å². The molecule has 0 amide bonds. The Morgan fingerprint density at radius 2 is 1.54 bits per heavy atom. The van der Waals surface area contributed by atoms with Crippen LogP contribution in [-0.4, -0.2) is 12.1 Å². The fourth-order valence-electron chi connectivity index (χ4n) is 2.10. The lowest BCUT2D eigenvalue weighted by Gasteiger charge is -2.26. The third-order valence-electron chi connectivity index (χ3n) is 3.02. The van der Waals surface area contributed by atoms with Crippen LogP contribution in [0.15, 0.2) is 0 Å². The predicted octanol–water partition coefficient (Wildman–Crippen LogP) is 3.59. The minimum Gasteiger partial charge on any atom is -0.312 e. The number of hydrogen-bond donors (Lipinski definition) is 1. The van der Waals surface area contributed by atoms with Crippen LogP contribution in [0, 0.1) is 5.92 Å². The zero-order valence-corrected chi connectivity index (χ0v) is 10.1. The molecule has 0 saturated carbocycles. The predicted molar refractivity (Wildman–Crippen MR) is 61.0 cm³/mol. The summed E-state index contributed by atoms with van der Waals surface area (Å²) in [5.41, 5.74) is 0. The first-order valence-corrected chi connectivity index (χ1v) is 5.91. The van der Waals surface area contributed by atoms with Gasteiger partial charge in [0.15, 0.2) is 0 Å². The molecule has 1 heteroatoms. The van der Waals surface area contributed by atoms with Crippen LogP contribution in [0.1, 0.15) is 60.3 Å². The summed E-state index contributed by atoms with van der Waals surface area (Å²) in [5.74, 6) is 0.847. The summed E-state index contributed by atoms with van der Waals surface area (Å²) in [5, 5.41) is 3.68. The largest absolute Gasteiger partial charge is 0.312 e. The normalized spacial score (nSPS) is 16.2. The smallest absolute Gasteiger partial charge is 0.00692 e. The molecule has 1 N–H and O–H groups in total. The molecule has 0 aliphatic heterocycles. The molecule has 0 aromatic heterocycles. The van der Waals surface area contributed by atoms with E-state index in [2.05, 4.69) is 39.9 Å². The Hall–Kier alpha value is -0.0400. The standard InChI is InChI=1S/C12H27N/c1-6-9-10(4)13-11(5)12(7-2)8-3/h10-13H,6-9H2,1-5H3. The Kier molecular flexibility index (Phi) is 7.35. The lowest BCUT2D eigenvalue weighted by Crippen LogP contribution is -2.39. The highest BCUT2D eigenvalue weighted by Crippen LogP contribution is 2.13. The van der Waals surface area contributed by atoms with Gasteiger partial charge in [-0.15, -0.1) is 0 Å². The fraction of sp³-hybridized carbons (Fsp3) is 1.00. The third kappa shape index (κ3) is 5.30. The summed E-state index contributed by atoms with van der Waals surface area (Å²) >= 11 is 0. The van der Waals surface area contributed by atoms with Crippen molar-refractivity contribution in [3.05, 3.63) is 0 Å². The van der Waals surface area contributed by atoms with Crippen molar-refractivity contribution < 1.29 is 0 Å². The molecule has 1 nitrogen and oxygen atoms in total. The van der Waals surface area contributed by atoms with Crippen LogP contribution in [0.4, 0.5) is 0 Å². The molecule has 0 aliphatic rings. The van der Waals surface area contributed by atoms with Crippen molar-refractivity contribution >= 4 is 0 Å². The Labute approximate surface area is 84.3 Å². The number of nitrogens with one attached hydrogen (secondary N) is 1. The van der Waals surface area contributed by atoms with Gasteiger partial charge in [0, 0.05) is 12.1 Å². The average molecular weight is 185 g/mol. The van der Waals surface area contributed by atoms with E-state index in [1.54, 1.807) is 0 Å². The topological polar surface area (TPSA) is 12.0 Å². The molecule has 0 heterocycles. The quantitative estimate of drug-likeness (QED) is 0.639. The van der Waals surface area contributed by atoms with Gasteiger partial charge in [0.2, 0.25) is 0 Å². The van der Waals surface area contributed by atoms with E-state index >= 15 is 0 Å². The van der Waals surface area contributed by atoms with Gasteiger partial charge in [-0.25, -0.2) is 0 Å². The van der Waals surface area contributed by atoms with Crippen molar-refractivity contribution in [3.8, 4) is 0 Å². The molecule has 0 bridgehead atoms. The van der Waals surface area contributed by atoms with Crippen LogP contribution in [0.3, 0.4) is 0 Å². The second-order valence-corrected chi connectivity index (χ2v) is 4.22. The monoisotopic (exact) mass is 185 g/mol. The molecular formula is C12H27N. The molecule has 0 aliphatic carbocycles. The van der Waals surface area contributed by atoms with Gasteiger partial charge in [-0.05, 0) is 26.2 Å². The van der Waals surface area contributed by atoms with Crippen LogP contribution in [0.5, 0.6) is 0 Å². The second kappa shape index (κ2) is 7.37. The second-order valence-electron chi connectivity index (χ2n) is 4.22. The van der Waals surface area contributed by atoms with Crippen molar-refractivity contribution in [3.63, 3.8) is 0 Å². The van der Waals surface area contributed by atoms with Crippen molar-refractivity contribution in [2.24, 2.45) is 5.92 Å². The molecular weight excluding hydrogens is 158 g/mol. The maximum absolute atomic E-state index is 3.68. The van der Waals surface area contributed by atoms with Gasteiger partial charge in [0.1, 0.15) is 0 Å². The average Bonchev–Trinajstić information content (AvgIpc) is 2.06. The van der Waals surface area contributed by atoms with Crippen molar-refractivity contribution in [1.29, 1.82) is 0 Å². The van der Waals surface area contributed by atoms with Gasteiger partial charge in [-0.3, -0.25) is 0 Å². The number of hydrogen-bond acceptors (Lipinski definition) is 1. The molecule has 0 aromatic carbocycles. The Morgan fingerprint density at radius 3 is 1.92 bits per heavy atom. The van der Waals surface area contributed by atoms with Crippen molar-refractivity contribution in [2.75, 3.05) is 0 Å². The molecule has 0 saturated heterocycles. The van der Waals surface area contributed by atoms with E-state index in [9.17, 15) is 0 Å². The first-order chi connectivity index (χ1) is 6.15. The first kappa shape index (κ1) is 13.0. The van der Waals surface area contributed by atoms with E-state index in [1.165, 1.54) is 25.7 Å². The van der Waals surface area contributed by atoms with Crippen molar-refractivity contribution in [2.45, 2.75) is 72.4 Å². The van der Waals surface area contributed by atoms with Crippen LogP contribution in [0.2, 0.25) is 0 Å². The molecule has 0 aromatic rings. The van der Waals surface area contributed by atoms with E-state index < -0.39 is 0 Å². The van der Waals surface area contributed by atoms with Gasteiger partial charge in [-0.1, -0.05) is 40.0 Å².